The Morgan fingerprint density at radius 3 is 2.11 bits per heavy atom. The van der Waals surface area contributed by atoms with Gasteiger partial charge in [-0.3, -0.25) is 0 Å². The Bertz CT molecular complexity index is 302. The molecule has 8 heteroatoms. The second-order valence-corrected chi connectivity index (χ2v) is 5.03. The maximum Gasteiger partial charge on any atom is 0.466 e. The minimum absolute atomic E-state index is 0.317. The van der Waals surface area contributed by atoms with Crippen molar-refractivity contribution in [1.29, 1.82) is 0 Å². The number of ether oxygens (including phenoxy) is 1. The maximum atomic E-state index is 11.0. The first-order valence-electron chi connectivity index (χ1n) is 5.90. The SMILES string of the molecule is C=C(C)C(=O)OC(O)CCCCCC.O=P(O)(O)O. The van der Waals surface area contributed by atoms with Crippen LogP contribution in [0.1, 0.15) is 46.0 Å². The number of esters is 1. The molecule has 0 amide bonds. The van der Waals surface area contributed by atoms with Gasteiger partial charge in [0, 0.05) is 12.0 Å². The number of hydrogen-bond donors (Lipinski definition) is 4. The quantitative estimate of drug-likeness (QED) is 0.184. The standard InChI is InChI=1S/C11H20O3.H3O4P/c1-4-5-6-7-8-10(12)14-11(13)9(2)3;1-5(2,3)4/h10,12H,2,4-8H2,1,3H3;(H3,1,2,3,4). The Kier molecular flexibility index (Phi) is 12.1. The van der Waals surface area contributed by atoms with Gasteiger partial charge < -0.3 is 24.5 Å². The third kappa shape index (κ3) is 22.9. The van der Waals surface area contributed by atoms with Crippen LogP contribution in [-0.4, -0.2) is 32.0 Å². The highest BCUT2D eigenvalue weighted by Crippen LogP contribution is 2.25. The molecule has 0 aromatic heterocycles. The van der Waals surface area contributed by atoms with E-state index in [9.17, 15) is 9.90 Å². The Morgan fingerprint density at radius 1 is 1.26 bits per heavy atom. The van der Waals surface area contributed by atoms with E-state index in [1.165, 1.54) is 0 Å². The first-order valence-corrected chi connectivity index (χ1v) is 7.47. The molecular formula is C11H23O7P. The van der Waals surface area contributed by atoms with E-state index in [1.807, 2.05) is 0 Å². The minimum atomic E-state index is -4.64. The summed E-state index contributed by atoms with van der Waals surface area (Å²) < 4.78 is 13.6. The van der Waals surface area contributed by atoms with Crippen LogP contribution in [0.25, 0.3) is 0 Å². The molecule has 0 aromatic carbocycles. The number of hydrogen-bond acceptors (Lipinski definition) is 4. The van der Waals surface area contributed by atoms with E-state index in [1.54, 1.807) is 6.92 Å². The largest absolute Gasteiger partial charge is 0.466 e. The van der Waals surface area contributed by atoms with Crippen LogP contribution in [0.4, 0.5) is 0 Å². The molecule has 4 N–H and O–H groups in total. The maximum absolute atomic E-state index is 11.0. The van der Waals surface area contributed by atoms with Crippen LogP contribution in [0.3, 0.4) is 0 Å². The molecule has 0 rings (SSSR count). The Balaban J connectivity index is 0. The molecule has 114 valence electrons. The number of aliphatic hydroxyl groups is 1. The van der Waals surface area contributed by atoms with Crippen LogP contribution in [0.2, 0.25) is 0 Å². The second kappa shape index (κ2) is 11.1. The topological polar surface area (TPSA) is 124 Å². The summed E-state index contributed by atoms with van der Waals surface area (Å²) in [5.74, 6) is -0.520. The smallest absolute Gasteiger partial charge is 0.433 e. The Morgan fingerprint density at radius 2 is 1.74 bits per heavy atom. The summed E-state index contributed by atoms with van der Waals surface area (Å²) in [5.41, 5.74) is 0.317. The molecule has 0 heterocycles. The first-order chi connectivity index (χ1) is 8.57. The fourth-order valence-corrected chi connectivity index (χ4v) is 1.03. The molecule has 0 aliphatic rings. The van der Waals surface area contributed by atoms with Crippen LogP contribution < -0.4 is 0 Å². The predicted molar refractivity (Wildman–Crippen MR) is 69.9 cm³/mol. The van der Waals surface area contributed by atoms with Crippen molar-refractivity contribution < 1.29 is 33.9 Å². The van der Waals surface area contributed by atoms with E-state index in [4.69, 9.17) is 24.0 Å². The lowest BCUT2D eigenvalue weighted by molar-refractivity contribution is -0.163. The van der Waals surface area contributed by atoms with Crippen molar-refractivity contribution in [3.8, 4) is 0 Å². The van der Waals surface area contributed by atoms with Crippen molar-refractivity contribution >= 4 is 13.8 Å². The van der Waals surface area contributed by atoms with E-state index in [-0.39, 0.29) is 0 Å². The summed E-state index contributed by atoms with van der Waals surface area (Å²) in [6, 6.07) is 0. The molecule has 0 spiro atoms. The normalized spacial score (nSPS) is 12.1. The van der Waals surface area contributed by atoms with Crippen LogP contribution in [0.5, 0.6) is 0 Å². The number of phosphoric acid groups is 1. The highest BCUT2D eigenvalue weighted by molar-refractivity contribution is 7.45. The van der Waals surface area contributed by atoms with E-state index >= 15 is 0 Å². The van der Waals surface area contributed by atoms with Gasteiger partial charge in [-0.15, -0.1) is 0 Å². The summed E-state index contributed by atoms with van der Waals surface area (Å²) in [7, 11) is -4.64. The summed E-state index contributed by atoms with van der Waals surface area (Å²) in [4.78, 5) is 32.5. The Hall–Kier alpha value is -0.720. The van der Waals surface area contributed by atoms with Crippen LogP contribution >= 0.6 is 7.82 Å². The van der Waals surface area contributed by atoms with Gasteiger partial charge in [-0.25, -0.2) is 9.36 Å². The van der Waals surface area contributed by atoms with E-state index in [0.717, 1.165) is 25.7 Å². The van der Waals surface area contributed by atoms with Crippen molar-refractivity contribution in [2.75, 3.05) is 0 Å². The van der Waals surface area contributed by atoms with Gasteiger partial charge in [0.2, 0.25) is 6.29 Å². The summed E-state index contributed by atoms with van der Waals surface area (Å²) in [6.07, 6.45) is 3.80. The molecule has 0 aliphatic carbocycles. The summed E-state index contributed by atoms with van der Waals surface area (Å²) >= 11 is 0. The summed E-state index contributed by atoms with van der Waals surface area (Å²) in [6.45, 7) is 7.12. The van der Waals surface area contributed by atoms with E-state index < -0.39 is 20.1 Å². The molecule has 0 saturated carbocycles. The molecule has 0 aromatic rings. The molecule has 1 atom stereocenters. The van der Waals surface area contributed by atoms with E-state index in [0.29, 0.717) is 12.0 Å². The highest BCUT2D eigenvalue weighted by atomic mass is 31.2. The molecule has 0 radical (unpaired) electrons. The van der Waals surface area contributed by atoms with Crippen LogP contribution in [0, 0.1) is 0 Å². The van der Waals surface area contributed by atoms with Gasteiger partial charge in [-0.1, -0.05) is 32.8 Å². The van der Waals surface area contributed by atoms with Gasteiger partial charge in [-0.05, 0) is 13.3 Å². The van der Waals surface area contributed by atoms with Gasteiger partial charge in [-0.2, -0.15) is 0 Å². The van der Waals surface area contributed by atoms with Crippen molar-refractivity contribution in [3.05, 3.63) is 12.2 Å². The number of unbranched alkanes of at least 4 members (excludes halogenated alkanes) is 3. The molecule has 0 aliphatic heterocycles. The van der Waals surface area contributed by atoms with Gasteiger partial charge in [0.25, 0.3) is 0 Å². The van der Waals surface area contributed by atoms with Crippen molar-refractivity contribution in [1.82, 2.24) is 0 Å². The molecule has 7 nitrogen and oxygen atoms in total. The van der Waals surface area contributed by atoms with Gasteiger partial charge in [0.1, 0.15) is 0 Å². The molecular weight excluding hydrogens is 275 g/mol. The number of carbonyl (C=O) groups excluding carboxylic acids is 1. The highest BCUT2D eigenvalue weighted by Gasteiger charge is 2.10. The van der Waals surface area contributed by atoms with Crippen LogP contribution in [-0.2, 0) is 14.1 Å². The second-order valence-electron chi connectivity index (χ2n) is 4.00. The average Bonchev–Trinajstić information content (AvgIpc) is 2.22. The van der Waals surface area contributed by atoms with Crippen molar-refractivity contribution in [2.45, 2.75) is 52.2 Å². The minimum Gasteiger partial charge on any atom is -0.433 e. The lowest BCUT2D eigenvalue weighted by atomic mass is 10.1. The Labute approximate surface area is 113 Å². The zero-order valence-corrected chi connectivity index (χ0v) is 12.2. The average molecular weight is 298 g/mol. The molecule has 0 bridgehead atoms. The van der Waals surface area contributed by atoms with Crippen molar-refractivity contribution in [3.63, 3.8) is 0 Å². The van der Waals surface area contributed by atoms with Gasteiger partial charge in [0.05, 0.1) is 0 Å². The third-order valence-corrected chi connectivity index (χ3v) is 1.90. The molecule has 0 fully saturated rings. The summed E-state index contributed by atoms with van der Waals surface area (Å²) in [5, 5.41) is 9.28. The number of carbonyl (C=O) groups is 1. The number of aliphatic hydroxyl groups excluding tert-OH is 1. The fraction of sp³-hybridized carbons (Fsp3) is 0.727. The predicted octanol–water partition coefficient (Wildman–Crippen LogP) is 1.47. The fourth-order valence-electron chi connectivity index (χ4n) is 1.03. The van der Waals surface area contributed by atoms with Gasteiger partial charge in [0.15, 0.2) is 0 Å². The molecule has 19 heavy (non-hydrogen) atoms. The molecule has 0 saturated heterocycles. The van der Waals surface area contributed by atoms with Crippen molar-refractivity contribution in [2.24, 2.45) is 0 Å². The monoisotopic (exact) mass is 298 g/mol. The molecule has 1 unspecified atom stereocenters. The first kappa shape index (κ1) is 20.6. The zero-order chi connectivity index (χ0) is 15.5. The van der Waals surface area contributed by atoms with Crippen LogP contribution in [0.15, 0.2) is 12.2 Å². The zero-order valence-electron chi connectivity index (χ0n) is 11.3. The third-order valence-electron chi connectivity index (χ3n) is 1.90. The number of rotatable bonds is 7. The lowest BCUT2D eigenvalue weighted by Gasteiger charge is -2.11. The lowest BCUT2D eigenvalue weighted by Crippen LogP contribution is -2.17. The van der Waals surface area contributed by atoms with E-state index in [2.05, 4.69) is 13.5 Å². The van der Waals surface area contributed by atoms with Gasteiger partial charge >= 0.3 is 13.8 Å².